The zero-order valence-electron chi connectivity index (χ0n) is 18.4. The third kappa shape index (κ3) is 2.69. The second kappa shape index (κ2) is 6.83. The molecule has 32 heavy (non-hydrogen) atoms. The van der Waals surface area contributed by atoms with Crippen molar-refractivity contribution in [2.45, 2.75) is 50.7 Å². The number of H-pyrrole nitrogens is 1. The maximum Gasteiger partial charge on any atom is 0.264 e. The van der Waals surface area contributed by atoms with Gasteiger partial charge in [-0.3, -0.25) is 14.0 Å². The molecule has 0 amide bonds. The van der Waals surface area contributed by atoms with Crippen molar-refractivity contribution in [2.24, 2.45) is 19.8 Å². The summed E-state index contributed by atoms with van der Waals surface area (Å²) in [6.07, 6.45) is 7.84. The average Bonchev–Trinajstić information content (AvgIpc) is 3.42. The Kier molecular flexibility index (Phi) is 4.23. The van der Waals surface area contributed by atoms with Crippen LogP contribution in [0.25, 0.3) is 33.1 Å². The highest BCUT2D eigenvalue weighted by Crippen LogP contribution is 2.40. The summed E-state index contributed by atoms with van der Waals surface area (Å²) in [6, 6.07) is 2.92. The van der Waals surface area contributed by atoms with Crippen molar-refractivity contribution in [1.29, 1.82) is 0 Å². The number of aryl methyl sites for hydroxylation is 2. The number of rotatable bonds is 2. The fraction of sp³-hybridized carbons (Fsp3) is 0.435. The average molecular weight is 452 g/mol. The highest BCUT2D eigenvalue weighted by molar-refractivity contribution is 6.38. The van der Waals surface area contributed by atoms with Crippen LogP contribution in [-0.2, 0) is 14.1 Å². The maximum atomic E-state index is 13.6. The lowest BCUT2D eigenvalue weighted by Gasteiger charge is -2.38. The van der Waals surface area contributed by atoms with Crippen LogP contribution in [0.2, 0.25) is 5.02 Å². The van der Waals surface area contributed by atoms with E-state index in [0.29, 0.717) is 28.1 Å². The maximum absolute atomic E-state index is 13.6. The third-order valence-corrected chi connectivity index (χ3v) is 7.62. The summed E-state index contributed by atoms with van der Waals surface area (Å²) in [5.41, 5.74) is 10.2. The molecule has 0 spiro atoms. The summed E-state index contributed by atoms with van der Waals surface area (Å²) in [4.78, 5) is 24.1. The molecule has 0 aliphatic carbocycles. The van der Waals surface area contributed by atoms with E-state index >= 15 is 0 Å². The molecule has 2 fully saturated rings. The molecule has 2 unspecified atom stereocenters. The van der Waals surface area contributed by atoms with E-state index < -0.39 is 0 Å². The number of hydrogen-bond acceptors (Lipinski definition) is 5. The first-order valence-corrected chi connectivity index (χ1v) is 11.5. The molecular formula is C23H26ClN7O. The number of nitrogens with zero attached hydrogens (tertiary/aromatic N) is 5. The zero-order valence-corrected chi connectivity index (χ0v) is 19.1. The number of aromatic nitrogens is 5. The largest absolute Gasteiger partial charge is 0.345 e. The highest BCUT2D eigenvalue weighted by Gasteiger charge is 2.41. The molecule has 0 radical (unpaired) electrons. The van der Waals surface area contributed by atoms with E-state index in [-0.39, 0.29) is 11.6 Å². The summed E-state index contributed by atoms with van der Waals surface area (Å²) in [5.74, 6) is 0.722. The van der Waals surface area contributed by atoms with Gasteiger partial charge in [-0.05, 0) is 44.2 Å². The van der Waals surface area contributed by atoms with Gasteiger partial charge in [0.25, 0.3) is 5.56 Å². The topological polar surface area (TPSA) is 97.8 Å². The van der Waals surface area contributed by atoms with Crippen molar-refractivity contribution in [3.63, 3.8) is 0 Å². The van der Waals surface area contributed by atoms with Gasteiger partial charge in [0.05, 0.1) is 15.9 Å². The lowest BCUT2D eigenvalue weighted by molar-refractivity contribution is 0.405. The molecule has 9 heteroatoms. The minimum atomic E-state index is -0.0736. The van der Waals surface area contributed by atoms with E-state index in [0.717, 1.165) is 59.2 Å². The van der Waals surface area contributed by atoms with Crippen molar-refractivity contribution in [1.82, 2.24) is 24.3 Å². The van der Waals surface area contributed by atoms with Gasteiger partial charge in [-0.1, -0.05) is 11.6 Å². The van der Waals surface area contributed by atoms with Crippen molar-refractivity contribution in [2.75, 3.05) is 4.90 Å². The van der Waals surface area contributed by atoms with E-state index in [1.54, 1.807) is 9.25 Å². The molecule has 2 aliphatic rings. The van der Waals surface area contributed by atoms with Crippen LogP contribution in [0.15, 0.2) is 23.3 Å². The Labute approximate surface area is 190 Å². The molecule has 2 aliphatic heterocycles. The second-order valence-corrected chi connectivity index (χ2v) is 9.72. The number of piperidine rings is 1. The zero-order chi connectivity index (χ0) is 22.3. The molecule has 1 aromatic carbocycles. The first-order valence-electron chi connectivity index (χ1n) is 11.1. The number of benzene rings is 1. The van der Waals surface area contributed by atoms with E-state index in [9.17, 15) is 4.79 Å². The van der Waals surface area contributed by atoms with Gasteiger partial charge in [-0.2, -0.15) is 10.1 Å². The third-order valence-electron chi connectivity index (χ3n) is 7.22. The van der Waals surface area contributed by atoms with Crippen LogP contribution in [0.4, 0.5) is 5.95 Å². The van der Waals surface area contributed by atoms with Crippen LogP contribution in [0.3, 0.4) is 0 Å². The van der Waals surface area contributed by atoms with Gasteiger partial charge in [0.2, 0.25) is 5.95 Å². The molecule has 2 bridgehead atoms. The summed E-state index contributed by atoms with van der Waals surface area (Å²) >= 11 is 6.81. The lowest BCUT2D eigenvalue weighted by atomic mass is 9.98. The Hall–Kier alpha value is -2.84. The van der Waals surface area contributed by atoms with Gasteiger partial charge < -0.3 is 15.6 Å². The number of aromatic amines is 1. The van der Waals surface area contributed by atoms with E-state index in [2.05, 4.69) is 15.0 Å². The Morgan fingerprint density at radius 3 is 2.62 bits per heavy atom. The number of nitrogens with two attached hydrogens (primary N) is 1. The molecular weight excluding hydrogens is 426 g/mol. The Morgan fingerprint density at radius 1 is 1.19 bits per heavy atom. The molecule has 6 rings (SSSR count). The van der Waals surface area contributed by atoms with Crippen molar-refractivity contribution in [3.8, 4) is 11.1 Å². The number of nitrogens with one attached hydrogen (secondary N) is 1. The standard InChI is InChI=1S/C23H26ClN7O/c1-11-6-15(19(24)17-10-29(2)28-20(11)17)16-9-26-21-18(16)22(32)30(3)23(27-21)31-13-4-5-14(31)8-12(25)7-13/h6,9-10,12-14,26H,4-5,7-8,25H2,1-3H3. The molecule has 8 nitrogen and oxygen atoms in total. The Balaban J connectivity index is 1.54. The number of anilines is 1. The molecule has 2 saturated heterocycles. The number of hydrogen-bond donors (Lipinski definition) is 2. The van der Waals surface area contributed by atoms with Crippen LogP contribution in [0.5, 0.6) is 0 Å². The fourth-order valence-corrected chi connectivity index (χ4v) is 6.06. The normalized spacial score (nSPS) is 23.0. The molecule has 166 valence electrons. The molecule has 4 aromatic rings. The van der Waals surface area contributed by atoms with Crippen molar-refractivity contribution >= 4 is 39.5 Å². The lowest BCUT2D eigenvalue weighted by Crippen LogP contribution is -2.49. The van der Waals surface area contributed by atoms with E-state index in [1.165, 1.54) is 0 Å². The summed E-state index contributed by atoms with van der Waals surface area (Å²) in [6.45, 7) is 2.01. The molecule has 5 heterocycles. The smallest absolute Gasteiger partial charge is 0.264 e. The van der Waals surface area contributed by atoms with Gasteiger partial charge >= 0.3 is 0 Å². The van der Waals surface area contributed by atoms with Crippen LogP contribution >= 0.6 is 11.6 Å². The second-order valence-electron chi connectivity index (χ2n) is 9.35. The Morgan fingerprint density at radius 2 is 1.91 bits per heavy atom. The van der Waals surface area contributed by atoms with Gasteiger partial charge in [0.1, 0.15) is 5.65 Å². The SMILES string of the molecule is Cc1cc(-c2c[nH]c3nc(N4C5CCC4CC(N)C5)n(C)c(=O)c23)c(Cl)c2cn(C)nc12. The molecule has 2 atom stereocenters. The summed E-state index contributed by atoms with van der Waals surface area (Å²) in [7, 11) is 3.69. The first kappa shape index (κ1) is 19.8. The van der Waals surface area contributed by atoms with E-state index in [1.807, 2.05) is 39.5 Å². The monoisotopic (exact) mass is 451 g/mol. The van der Waals surface area contributed by atoms with Gasteiger partial charge in [-0.15, -0.1) is 0 Å². The number of halogens is 1. The predicted octanol–water partition coefficient (Wildman–Crippen LogP) is 3.24. The van der Waals surface area contributed by atoms with Crippen molar-refractivity contribution < 1.29 is 0 Å². The molecule has 3 aromatic heterocycles. The van der Waals surface area contributed by atoms with Crippen LogP contribution < -0.4 is 16.2 Å². The van der Waals surface area contributed by atoms with Gasteiger partial charge in [0.15, 0.2) is 0 Å². The Bertz CT molecular complexity index is 1430. The van der Waals surface area contributed by atoms with Gasteiger partial charge in [0, 0.05) is 61.1 Å². The minimum Gasteiger partial charge on any atom is -0.345 e. The quantitative estimate of drug-likeness (QED) is 0.487. The van der Waals surface area contributed by atoms with Crippen LogP contribution in [0, 0.1) is 6.92 Å². The summed E-state index contributed by atoms with van der Waals surface area (Å²) in [5, 5.41) is 6.54. The first-order chi connectivity index (χ1) is 15.3. The van der Waals surface area contributed by atoms with E-state index in [4.69, 9.17) is 22.3 Å². The molecule has 0 saturated carbocycles. The molecule has 3 N–H and O–H groups in total. The van der Waals surface area contributed by atoms with Crippen LogP contribution in [0.1, 0.15) is 31.2 Å². The van der Waals surface area contributed by atoms with Crippen molar-refractivity contribution in [3.05, 3.63) is 39.4 Å². The predicted molar refractivity (Wildman–Crippen MR) is 127 cm³/mol. The minimum absolute atomic E-state index is 0.0736. The van der Waals surface area contributed by atoms with Crippen LogP contribution in [-0.4, -0.2) is 42.4 Å². The van der Waals surface area contributed by atoms with Gasteiger partial charge in [-0.25, -0.2) is 0 Å². The highest BCUT2D eigenvalue weighted by atomic mass is 35.5. The number of fused-ring (bicyclic) bond motifs is 4. The summed E-state index contributed by atoms with van der Waals surface area (Å²) < 4.78 is 3.44. The fourth-order valence-electron chi connectivity index (χ4n) is 5.77.